The third-order valence-corrected chi connectivity index (χ3v) is 19.8. The second-order valence-corrected chi connectivity index (χ2v) is 30.2. The van der Waals surface area contributed by atoms with E-state index in [1.165, 1.54) is 0 Å². The van der Waals surface area contributed by atoms with Crippen LogP contribution >= 0.6 is 223 Å². The van der Waals surface area contributed by atoms with Crippen LogP contribution in [0.1, 0.15) is 76.6 Å². The summed E-state index contributed by atoms with van der Waals surface area (Å²) in [6, 6.07) is 24.0. The summed E-state index contributed by atoms with van der Waals surface area (Å²) in [7, 11) is 3.29. The molecule has 0 heterocycles. The summed E-state index contributed by atoms with van der Waals surface area (Å²) >= 11 is 49.5. The van der Waals surface area contributed by atoms with E-state index in [4.69, 9.17) is 28.4 Å². The van der Waals surface area contributed by atoms with Gasteiger partial charge < -0.3 is 43.7 Å². The fraction of sp³-hybridized carbons (Fsp3) is 0.345. The van der Waals surface area contributed by atoms with Gasteiger partial charge in [-0.25, -0.2) is 0 Å². The van der Waals surface area contributed by atoms with Crippen molar-refractivity contribution in [1.82, 2.24) is 0 Å². The second-order valence-electron chi connectivity index (χ2n) is 18.2. The van der Waals surface area contributed by atoms with Crippen LogP contribution in [0.2, 0.25) is 0 Å². The van der Waals surface area contributed by atoms with Gasteiger partial charge in [-0.3, -0.25) is 0 Å². The summed E-state index contributed by atoms with van der Waals surface area (Å²) in [6.07, 6.45) is -0.398. The first-order chi connectivity index (χ1) is 36.5. The largest absolute Gasteiger partial charge is 0.494 e. The lowest BCUT2D eigenvalue weighted by atomic mass is 9.78. The molecular weight excluding hydrogens is 1920 g/mol. The molecule has 0 aliphatic rings. The zero-order chi connectivity index (χ0) is 58.6. The molecule has 6 rings (SSSR count). The lowest BCUT2D eigenvalue weighted by molar-refractivity contribution is 0.0616. The summed E-state index contributed by atoms with van der Waals surface area (Å²) in [6.45, 7) is 13.2. The monoisotopic (exact) mass is 1960 g/mol. The maximum absolute atomic E-state index is 10.5. The van der Waals surface area contributed by atoms with E-state index in [0.29, 0.717) is 42.4 Å². The highest BCUT2D eigenvalue weighted by molar-refractivity contribution is 9.13. The Hall–Kier alpha value is 0.720. The Labute approximate surface area is 575 Å². The number of hydrogen-bond donors (Lipinski definition) is 3. The molecule has 3 atom stereocenters. The highest BCUT2D eigenvalue weighted by Crippen LogP contribution is 2.47. The Morgan fingerprint density at radius 3 is 0.692 bits per heavy atom. The van der Waals surface area contributed by atoms with Crippen LogP contribution in [0, 0.1) is 0 Å². The van der Waals surface area contributed by atoms with E-state index in [1.807, 2.05) is 50.2 Å². The van der Waals surface area contributed by atoms with E-state index in [0.717, 1.165) is 96.4 Å². The number of ether oxygens (including phenoxy) is 6. The van der Waals surface area contributed by atoms with Gasteiger partial charge in [-0.15, -0.1) is 0 Å². The first kappa shape index (κ1) is 71.2. The fourth-order valence-corrected chi connectivity index (χ4v) is 17.8. The third-order valence-electron chi connectivity index (χ3n) is 11.8. The average molecular weight is 1980 g/mol. The van der Waals surface area contributed by atoms with Crippen molar-refractivity contribution >= 4 is 223 Å². The Morgan fingerprint density at radius 2 is 0.500 bits per heavy atom. The van der Waals surface area contributed by atoms with Gasteiger partial charge in [0.05, 0.1) is 80.1 Å². The van der Waals surface area contributed by atoms with E-state index >= 15 is 0 Å². The molecule has 6 aromatic carbocycles. The van der Waals surface area contributed by atoms with Crippen LogP contribution in [0.15, 0.2) is 135 Å². The molecule has 6 aromatic rings. The van der Waals surface area contributed by atoms with Crippen molar-refractivity contribution in [2.24, 2.45) is 0 Å². The van der Waals surface area contributed by atoms with Crippen molar-refractivity contribution in [1.29, 1.82) is 0 Å². The normalized spacial score (nSPS) is 12.6. The van der Waals surface area contributed by atoms with Crippen LogP contribution in [-0.2, 0) is 10.8 Å². The van der Waals surface area contributed by atoms with Gasteiger partial charge in [0.1, 0.15) is 67.0 Å². The minimum absolute atomic E-state index is 0.0596. The van der Waals surface area contributed by atoms with Crippen molar-refractivity contribution in [3.05, 3.63) is 158 Å². The van der Waals surface area contributed by atoms with Crippen molar-refractivity contribution < 1.29 is 43.7 Å². The minimum atomic E-state index is -0.837. The van der Waals surface area contributed by atoms with Crippen LogP contribution in [0.4, 0.5) is 0 Å². The highest BCUT2D eigenvalue weighted by Gasteiger charge is 2.29. The molecule has 0 saturated carbocycles. The van der Waals surface area contributed by atoms with Crippen LogP contribution in [-0.4, -0.2) is 74.3 Å². The number of benzene rings is 6. The summed E-state index contributed by atoms with van der Waals surface area (Å²) in [5.41, 5.74) is 3.85. The maximum Gasteiger partial charge on any atom is 0.147 e. The van der Waals surface area contributed by atoms with Crippen LogP contribution < -0.4 is 28.4 Å². The Balaban J connectivity index is 0.000000274. The van der Waals surface area contributed by atoms with E-state index in [2.05, 4.69) is 287 Å². The summed E-state index contributed by atoms with van der Waals surface area (Å²) < 4.78 is 45.8. The first-order valence-corrected chi connectivity index (χ1v) is 34.5. The van der Waals surface area contributed by atoms with Crippen molar-refractivity contribution in [3.63, 3.8) is 0 Å². The second kappa shape index (κ2) is 33.0. The molecule has 78 heavy (non-hydrogen) atoms. The molecule has 0 aromatic heterocycles. The predicted octanol–water partition coefficient (Wildman–Crippen LogP) is 21.5. The molecule has 0 amide bonds. The first-order valence-electron chi connectivity index (χ1n) is 23.4. The molecule has 0 bridgehead atoms. The van der Waals surface area contributed by atoms with Gasteiger partial charge in [0.15, 0.2) is 0 Å². The van der Waals surface area contributed by atoms with E-state index in [1.54, 1.807) is 14.2 Å². The van der Waals surface area contributed by atoms with E-state index in [-0.39, 0.29) is 30.7 Å². The topological polar surface area (TPSA) is 116 Å². The molecule has 3 unspecified atom stereocenters. The Bertz CT molecular complexity index is 2870. The number of aliphatic hydroxyl groups is 3. The molecule has 9 nitrogen and oxygen atoms in total. The molecule has 0 aliphatic heterocycles. The minimum Gasteiger partial charge on any atom is -0.494 e. The summed E-state index contributed by atoms with van der Waals surface area (Å²) in [5, 5.41) is 29.6. The highest BCUT2D eigenvalue weighted by atomic mass is 79.9. The predicted molar refractivity (Wildman–Crippen MR) is 364 cm³/mol. The van der Waals surface area contributed by atoms with Gasteiger partial charge in [-0.05, 0) is 299 Å². The third kappa shape index (κ3) is 19.9. The van der Waals surface area contributed by atoms with Gasteiger partial charge in [0.2, 0.25) is 0 Å². The van der Waals surface area contributed by atoms with Gasteiger partial charge in [-0.1, -0.05) is 73.4 Å². The van der Waals surface area contributed by atoms with Gasteiger partial charge in [0.25, 0.3) is 0 Å². The molecule has 23 heteroatoms. The van der Waals surface area contributed by atoms with Crippen molar-refractivity contribution in [3.8, 4) is 34.5 Å². The number of rotatable bonds is 20. The molecular formula is C55H54Br14O9. The molecule has 3 N–H and O–H groups in total. The lowest BCUT2D eigenvalue weighted by Gasteiger charge is -2.28. The van der Waals surface area contributed by atoms with Gasteiger partial charge in [0, 0.05) is 19.8 Å². The van der Waals surface area contributed by atoms with E-state index in [9.17, 15) is 15.3 Å². The number of hydrogen-bond acceptors (Lipinski definition) is 9. The Morgan fingerprint density at radius 1 is 0.321 bits per heavy atom. The summed E-state index contributed by atoms with van der Waals surface area (Å²) in [5.74, 6) is 4.16. The zero-order valence-corrected chi connectivity index (χ0v) is 65.2. The van der Waals surface area contributed by atoms with Gasteiger partial charge in [-0.2, -0.15) is 0 Å². The fourth-order valence-electron chi connectivity index (χ4n) is 7.02. The SMILES string of the molecule is CCC(O)COc1c(Br)cc(Br)cc1Br.CCC(O)COc1c(Br)cc(C(C)(C)c2cc(Br)c(OC)c(Br)c2)cc1Br.COc1c(Br)cc(C(C)(C)c2cc(Br)c(OCC(O)COc3c(Br)cc(Br)cc3Br)c(Br)c2)cc1Br. The van der Waals surface area contributed by atoms with E-state index < -0.39 is 18.3 Å². The molecule has 0 fully saturated rings. The standard InChI is InChI=1S/C25H21Br7O4.C20H22Br4O3.C10H11Br3O2/c1-25(2,12-4-16(27)22(34-3)17(28)5-12)13-6-18(29)23(19(30)7-13)35-10-15(33)11-36-24-20(31)8-14(26)9-21(24)32;1-5-13(25)10-27-19-16(23)8-12(9-17(19)24)20(2,3)11-6-14(21)18(26-4)15(22)7-11;1-2-7(14)5-15-10-8(12)3-6(11)4-9(10)13/h4-9,15,33H,10-11H2,1-3H3;6-9,13,25H,5,10H2,1-4H3;3-4,7,14H,2,5H2,1H3. The number of methoxy groups -OCH3 is 2. The molecule has 426 valence electrons. The van der Waals surface area contributed by atoms with Crippen LogP contribution in [0.3, 0.4) is 0 Å². The Kier molecular flexibility index (Phi) is 30.1. The zero-order valence-electron chi connectivity index (χ0n) is 43.0. The van der Waals surface area contributed by atoms with Crippen molar-refractivity contribution in [2.75, 3.05) is 40.6 Å². The summed E-state index contributed by atoms with van der Waals surface area (Å²) in [4.78, 5) is 0. The number of halogens is 14. The lowest BCUT2D eigenvalue weighted by Crippen LogP contribution is -2.25. The maximum atomic E-state index is 10.5. The smallest absolute Gasteiger partial charge is 0.147 e. The van der Waals surface area contributed by atoms with Gasteiger partial charge >= 0.3 is 0 Å². The number of aliphatic hydroxyl groups excluding tert-OH is 3. The van der Waals surface area contributed by atoms with Crippen LogP contribution in [0.25, 0.3) is 0 Å². The molecule has 0 aliphatic carbocycles. The van der Waals surface area contributed by atoms with Crippen molar-refractivity contribution in [2.45, 2.75) is 83.5 Å². The average Bonchev–Trinajstić information content (AvgIpc) is 3.35. The van der Waals surface area contributed by atoms with Crippen LogP contribution in [0.5, 0.6) is 34.5 Å². The molecule has 0 radical (unpaired) electrons. The quantitative estimate of drug-likeness (QED) is 0.0687. The molecule has 0 saturated heterocycles. The molecule has 0 spiro atoms.